The molecule has 0 bridgehead atoms. The van der Waals surface area contributed by atoms with Crippen molar-refractivity contribution in [3.05, 3.63) is 77.3 Å². The van der Waals surface area contributed by atoms with E-state index in [1.165, 1.54) is 6.33 Å². The van der Waals surface area contributed by atoms with Crippen molar-refractivity contribution in [3.63, 3.8) is 0 Å². The third-order valence-electron chi connectivity index (χ3n) is 4.58. The van der Waals surface area contributed by atoms with E-state index in [0.717, 1.165) is 20.8 Å². The lowest BCUT2D eigenvalue weighted by Crippen LogP contribution is -2.29. The summed E-state index contributed by atoms with van der Waals surface area (Å²) in [5, 5.41) is 5.04. The Hall–Kier alpha value is -3.06. The lowest BCUT2D eigenvalue weighted by molar-refractivity contribution is 0.0742. The van der Waals surface area contributed by atoms with E-state index in [4.69, 9.17) is 0 Å². The standard InChI is InChI=1S/C20H19N5OS/c1-14(19-23-17-5-3-4-6-18(17)27-19)24(2)20(26)16-9-7-15(8-10-16)11-25-13-21-12-22-25/h3-10,12-14H,11H2,1-2H3. The van der Waals surface area contributed by atoms with Gasteiger partial charge in [0.1, 0.15) is 17.7 Å². The maximum absolute atomic E-state index is 12.9. The SMILES string of the molecule is CC(c1nc2ccccc2s1)N(C)C(=O)c1ccc(Cn2cncn2)cc1. The van der Waals surface area contributed by atoms with E-state index >= 15 is 0 Å². The minimum Gasteiger partial charge on any atom is -0.333 e. The molecule has 2 aromatic heterocycles. The van der Waals surface area contributed by atoms with Crippen LogP contribution in [0, 0.1) is 0 Å². The van der Waals surface area contributed by atoms with Crippen molar-refractivity contribution >= 4 is 27.5 Å². The van der Waals surface area contributed by atoms with Crippen LogP contribution in [0.5, 0.6) is 0 Å². The molecule has 27 heavy (non-hydrogen) atoms. The van der Waals surface area contributed by atoms with Crippen LogP contribution in [0.1, 0.15) is 33.9 Å². The molecular formula is C20H19N5OS. The molecule has 7 heteroatoms. The van der Waals surface area contributed by atoms with Crippen LogP contribution in [0.3, 0.4) is 0 Å². The first-order valence-corrected chi connectivity index (χ1v) is 9.47. The average Bonchev–Trinajstić information content (AvgIpc) is 3.36. The summed E-state index contributed by atoms with van der Waals surface area (Å²) in [6, 6.07) is 15.6. The van der Waals surface area contributed by atoms with Crippen LogP contribution in [-0.4, -0.2) is 37.6 Å². The van der Waals surface area contributed by atoms with Gasteiger partial charge in [0, 0.05) is 12.6 Å². The fraction of sp³-hybridized carbons (Fsp3) is 0.200. The van der Waals surface area contributed by atoms with Gasteiger partial charge >= 0.3 is 0 Å². The Kier molecular flexibility index (Phi) is 4.68. The van der Waals surface area contributed by atoms with Gasteiger partial charge in [0.15, 0.2) is 0 Å². The van der Waals surface area contributed by atoms with Crippen molar-refractivity contribution in [2.24, 2.45) is 0 Å². The number of hydrogen-bond acceptors (Lipinski definition) is 5. The van der Waals surface area contributed by atoms with Gasteiger partial charge in [-0.3, -0.25) is 4.79 Å². The molecule has 0 aliphatic rings. The van der Waals surface area contributed by atoms with Crippen LogP contribution >= 0.6 is 11.3 Å². The van der Waals surface area contributed by atoms with E-state index < -0.39 is 0 Å². The number of aromatic nitrogens is 4. The van der Waals surface area contributed by atoms with E-state index in [-0.39, 0.29) is 11.9 Å². The normalized spacial score (nSPS) is 12.2. The fourth-order valence-corrected chi connectivity index (χ4v) is 3.93. The second-order valence-electron chi connectivity index (χ2n) is 6.40. The second kappa shape index (κ2) is 7.28. The van der Waals surface area contributed by atoms with Crippen LogP contribution in [0.15, 0.2) is 61.2 Å². The number of carbonyl (C=O) groups excluding carboxylic acids is 1. The number of fused-ring (bicyclic) bond motifs is 1. The summed E-state index contributed by atoms with van der Waals surface area (Å²) in [7, 11) is 1.82. The number of para-hydroxylation sites is 1. The smallest absolute Gasteiger partial charge is 0.254 e. The van der Waals surface area contributed by atoms with E-state index in [2.05, 4.69) is 21.1 Å². The summed E-state index contributed by atoms with van der Waals surface area (Å²) >= 11 is 1.63. The summed E-state index contributed by atoms with van der Waals surface area (Å²) < 4.78 is 2.88. The largest absolute Gasteiger partial charge is 0.333 e. The van der Waals surface area contributed by atoms with E-state index in [9.17, 15) is 4.79 Å². The Morgan fingerprint density at radius 2 is 1.96 bits per heavy atom. The Labute approximate surface area is 161 Å². The first-order valence-electron chi connectivity index (χ1n) is 8.66. The number of thiazole rings is 1. The highest BCUT2D eigenvalue weighted by Gasteiger charge is 2.21. The van der Waals surface area contributed by atoms with Crippen molar-refractivity contribution in [2.45, 2.75) is 19.5 Å². The molecular weight excluding hydrogens is 358 g/mol. The number of carbonyl (C=O) groups is 1. The molecule has 0 spiro atoms. The molecule has 1 amide bonds. The molecule has 136 valence electrons. The molecule has 4 aromatic rings. The van der Waals surface area contributed by atoms with Gasteiger partial charge in [-0.05, 0) is 36.8 Å². The van der Waals surface area contributed by atoms with Gasteiger partial charge in [0.2, 0.25) is 0 Å². The first kappa shape index (κ1) is 17.4. The molecule has 0 saturated carbocycles. The highest BCUT2D eigenvalue weighted by Crippen LogP contribution is 2.29. The van der Waals surface area contributed by atoms with Crippen molar-refractivity contribution < 1.29 is 4.79 Å². The van der Waals surface area contributed by atoms with E-state index in [1.54, 1.807) is 27.2 Å². The monoisotopic (exact) mass is 377 g/mol. The van der Waals surface area contributed by atoms with Gasteiger partial charge in [0.25, 0.3) is 5.91 Å². The molecule has 2 heterocycles. The van der Waals surface area contributed by atoms with Crippen molar-refractivity contribution in [1.29, 1.82) is 0 Å². The van der Waals surface area contributed by atoms with Crippen LogP contribution in [-0.2, 0) is 6.54 Å². The Morgan fingerprint density at radius 3 is 2.67 bits per heavy atom. The summed E-state index contributed by atoms with van der Waals surface area (Å²) in [6.07, 6.45) is 3.18. The number of nitrogens with zero attached hydrogens (tertiary/aromatic N) is 5. The minimum atomic E-state index is -0.0928. The van der Waals surface area contributed by atoms with Crippen molar-refractivity contribution in [1.82, 2.24) is 24.6 Å². The molecule has 0 aliphatic carbocycles. The molecule has 0 saturated heterocycles. The van der Waals surface area contributed by atoms with Crippen molar-refractivity contribution in [2.75, 3.05) is 7.05 Å². The molecule has 1 atom stereocenters. The highest BCUT2D eigenvalue weighted by atomic mass is 32.1. The van der Waals surface area contributed by atoms with Gasteiger partial charge in [0.05, 0.1) is 22.8 Å². The molecule has 6 nitrogen and oxygen atoms in total. The summed E-state index contributed by atoms with van der Waals surface area (Å²) in [6.45, 7) is 2.64. The molecule has 1 unspecified atom stereocenters. The Balaban J connectivity index is 1.49. The van der Waals surface area contributed by atoms with E-state index in [0.29, 0.717) is 12.1 Å². The van der Waals surface area contributed by atoms with Gasteiger partial charge in [-0.1, -0.05) is 24.3 Å². The van der Waals surface area contributed by atoms with Gasteiger partial charge in [-0.2, -0.15) is 5.10 Å². The highest BCUT2D eigenvalue weighted by molar-refractivity contribution is 7.18. The quantitative estimate of drug-likeness (QED) is 0.531. The lowest BCUT2D eigenvalue weighted by atomic mass is 10.1. The average molecular weight is 377 g/mol. The zero-order chi connectivity index (χ0) is 18.8. The number of benzene rings is 2. The zero-order valence-electron chi connectivity index (χ0n) is 15.1. The van der Waals surface area contributed by atoms with Crippen molar-refractivity contribution in [3.8, 4) is 0 Å². The first-order chi connectivity index (χ1) is 13.1. The predicted molar refractivity (Wildman–Crippen MR) is 106 cm³/mol. The summed E-state index contributed by atoms with van der Waals surface area (Å²) in [5.74, 6) is -0.0194. The third-order valence-corrected chi connectivity index (χ3v) is 5.79. The van der Waals surface area contributed by atoms with Crippen LogP contribution < -0.4 is 0 Å². The minimum absolute atomic E-state index is 0.0194. The van der Waals surface area contributed by atoms with Gasteiger partial charge in [-0.25, -0.2) is 14.6 Å². The predicted octanol–water partition coefficient (Wildman–Crippen LogP) is 3.77. The fourth-order valence-electron chi connectivity index (χ4n) is 2.87. The van der Waals surface area contributed by atoms with Crippen LogP contribution in [0.4, 0.5) is 0 Å². The Morgan fingerprint density at radius 1 is 1.19 bits per heavy atom. The molecule has 2 aromatic carbocycles. The third kappa shape index (κ3) is 3.59. The number of rotatable bonds is 5. The maximum atomic E-state index is 12.9. The topological polar surface area (TPSA) is 63.9 Å². The molecule has 4 rings (SSSR count). The van der Waals surface area contributed by atoms with Gasteiger partial charge in [-0.15, -0.1) is 11.3 Å². The number of hydrogen-bond donors (Lipinski definition) is 0. The Bertz CT molecular complexity index is 1020. The molecule has 0 fully saturated rings. The van der Waals surface area contributed by atoms with Crippen LogP contribution in [0.2, 0.25) is 0 Å². The molecule has 0 N–H and O–H groups in total. The molecule has 0 radical (unpaired) electrons. The summed E-state index contributed by atoms with van der Waals surface area (Å²) in [4.78, 5) is 23.2. The van der Waals surface area contributed by atoms with Crippen LogP contribution in [0.25, 0.3) is 10.2 Å². The lowest BCUT2D eigenvalue weighted by Gasteiger charge is -2.23. The summed E-state index contributed by atoms with van der Waals surface area (Å²) in [5.41, 5.74) is 2.70. The van der Waals surface area contributed by atoms with Gasteiger partial charge < -0.3 is 4.90 Å². The maximum Gasteiger partial charge on any atom is 0.254 e. The second-order valence-corrected chi connectivity index (χ2v) is 7.46. The molecule has 0 aliphatic heterocycles. The van der Waals surface area contributed by atoms with E-state index in [1.807, 2.05) is 56.4 Å². The number of amides is 1. The zero-order valence-corrected chi connectivity index (χ0v) is 15.9.